The van der Waals surface area contributed by atoms with Crippen LogP contribution in [0, 0.1) is 26.1 Å². The van der Waals surface area contributed by atoms with Crippen LogP contribution < -0.4 is 5.32 Å². The van der Waals surface area contributed by atoms with Gasteiger partial charge in [-0.05, 0) is 18.4 Å². The molecule has 0 fully saturated rings. The Labute approximate surface area is 119 Å². The maximum Gasteiger partial charge on any atom is 0.326 e. The first-order valence-electron chi connectivity index (χ1n) is 6.14. The molecule has 1 aromatic rings. The summed E-state index contributed by atoms with van der Waals surface area (Å²) in [5.41, 5.74) is -1.01. The highest BCUT2D eigenvalue weighted by Crippen LogP contribution is 2.30. The molecule has 0 bridgehead atoms. The lowest BCUT2D eigenvalue weighted by atomic mass is 10.0. The van der Waals surface area contributed by atoms with Gasteiger partial charge in [-0.15, -0.1) is 0 Å². The van der Waals surface area contributed by atoms with Crippen molar-refractivity contribution in [2.24, 2.45) is 5.92 Å². The lowest BCUT2D eigenvalue weighted by Crippen LogP contribution is -2.31. The Kier molecular flexibility index (Phi) is 5.17. The van der Waals surface area contributed by atoms with E-state index >= 15 is 0 Å². The Hall–Kier alpha value is -2.71. The summed E-state index contributed by atoms with van der Waals surface area (Å²) in [7, 11) is 0. The van der Waals surface area contributed by atoms with Crippen molar-refractivity contribution in [2.45, 2.75) is 26.3 Å². The van der Waals surface area contributed by atoms with Crippen LogP contribution in [0.3, 0.4) is 0 Å². The standard InChI is InChI=1S/C12H15N3O6/c1-7(2)5-10(12(16)17)13-9-4-3-8(14(18)19)6-11(9)15(20)21/h3-4,6-7,10,13H,5H2,1-2H3,(H,16,17). The molecule has 0 saturated heterocycles. The topological polar surface area (TPSA) is 136 Å². The van der Waals surface area contributed by atoms with Crippen LogP contribution in [-0.2, 0) is 4.79 Å². The Balaban J connectivity index is 3.13. The maximum absolute atomic E-state index is 11.2. The van der Waals surface area contributed by atoms with Crippen LogP contribution in [0.25, 0.3) is 0 Å². The average Bonchev–Trinajstić information content (AvgIpc) is 2.37. The number of nitro benzene ring substituents is 2. The molecule has 0 radical (unpaired) electrons. The summed E-state index contributed by atoms with van der Waals surface area (Å²) in [6, 6.07) is 2.03. The van der Waals surface area contributed by atoms with Gasteiger partial charge in [0.2, 0.25) is 0 Å². The number of aliphatic carboxylic acids is 1. The Morgan fingerprint density at radius 3 is 2.33 bits per heavy atom. The Morgan fingerprint density at radius 2 is 1.90 bits per heavy atom. The number of nitro groups is 2. The van der Waals surface area contributed by atoms with E-state index in [1.54, 1.807) is 0 Å². The molecule has 0 amide bonds. The molecule has 1 unspecified atom stereocenters. The molecule has 1 atom stereocenters. The lowest BCUT2D eigenvalue weighted by molar-refractivity contribution is -0.393. The summed E-state index contributed by atoms with van der Waals surface area (Å²) >= 11 is 0. The smallest absolute Gasteiger partial charge is 0.326 e. The highest BCUT2D eigenvalue weighted by molar-refractivity contribution is 5.79. The second-order valence-corrected chi connectivity index (χ2v) is 4.88. The molecule has 0 aliphatic carbocycles. The Morgan fingerprint density at radius 1 is 1.29 bits per heavy atom. The molecule has 0 spiro atoms. The van der Waals surface area contributed by atoms with Crippen LogP contribution in [0.4, 0.5) is 17.1 Å². The number of rotatable bonds is 7. The highest BCUT2D eigenvalue weighted by Gasteiger charge is 2.25. The van der Waals surface area contributed by atoms with E-state index in [4.69, 9.17) is 5.11 Å². The van der Waals surface area contributed by atoms with Crippen molar-refractivity contribution >= 4 is 23.0 Å². The molecule has 0 saturated carbocycles. The summed E-state index contributed by atoms with van der Waals surface area (Å²) in [5, 5.41) is 33.3. The number of carboxylic acid groups (broad SMARTS) is 1. The summed E-state index contributed by atoms with van der Waals surface area (Å²) < 4.78 is 0. The molecule has 21 heavy (non-hydrogen) atoms. The third kappa shape index (κ3) is 4.41. The first-order chi connectivity index (χ1) is 9.72. The predicted octanol–water partition coefficient (Wildman–Crippen LogP) is 2.41. The monoisotopic (exact) mass is 297 g/mol. The number of anilines is 1. The van der Waals surface area contributed by atoms with E-state index in [2.05, 4.69) is 5.32 Å². The van der Waals surface area contributed by atoms with Gasteiger partial charge in [0, 0.05) is 6.07 Å². The molecule has 114 valence electrons. The van der Waals surface area contributed by atoms with Crippen molar-refractivity contribution in [1.82, 2.24) is 0 Å². The van der Waals surface area contributed by atoms with Gasteiger partial charge in [0.25, 0.3) is 11.4 Å². The van der Waals surface area contributed by atoms with E-state index in [0.29, 0.717) is 0 Å². The fraction of sp³-hybridized carbons (Fsp3) is 0.417. The zero-order valence-corrected chi connectivity index (χ0v) is 11.5. The van der Waals surface area contributed by atoms with E-state index in [0.717, 1.165) is 18.2 Å². The molecule has 0 aliphatic heterocycles. The zero-order chi connectivity index (χ0) is 16.2. The van der Waals surface area contributed by atoms with Crippen molar-refractivity contribution in [3.8, 4) is 0 Å². The first kappa shape index (κ1) is 16.3. The largest absolute Gasteiger partial charge is 0.480 e. The van der Waals surface area contributed by atoms with E-state index in [1.807, 2.05) is 13.8 Å². The number of hydrogen-bond acceptors (Lipinski definition) is 6. The van der Waals surface area contributed by atoms with Crippen LogP contribution >= 0.6 is 0 Å². The normalized spacial score (nSPS) is 12.0. The zero-order valence-electron chi connectivity index (χ0n) is 11.5. The fourth-order valence-corrected chi connectivity index (χ4v) is 1.79. The van der Waals surface area contributed by atoms with Gasteiger partial charge in [-0.2, -0.15) is 0 Å². The molecule has 1 rings (SSSR count). The van der Waals surface area contributed by atoms with Crippen LogP contribution in [0.1, 0.15) is 20.3 Å². The van der Waals surface area contributed by atoms with Crippen molar-refractivity contribution < 1.29 is 19.7 Å². The van der Waals surface area contributed by atoms with Crippen LogP contribution in [-0.4, -0.2) is 27.0 Å². The van der Waals surface area contributed by atoms with Gasteiger partial charge in [0.15, 0.2) is 0 Å². The molecule has 0 heterocycles. The second kappa shape index (κ2) is 6.64. The van der Waals surface area contributed by atoms with Crippen molar-refractivity contribution in [2.75, 3.05) is 5.32 Å². The van der Waals surface area contributed by atoms with Crippen molar-refractivity contribution in [3.63, 3.8) is 0 Å². The summed E-state index contributed by atoms with van der Waals surface area (Å²) in [6.45, 7) is 3.64. The van der Waals surface area contributed by atoms with Gasteiger partial charge in [-0.3, -0.25) is 20.2 Å². The van der Waals surface area contributed by atoms with Crippen molar-refractivity contribution in [3.05, 3.63) is 38.4 Å². The molecule has 9 heteroatoms. The minimum absolute atomic E-state index is 0.0568. The van der Waals surface area contributed by atoms with Gasteiger partial charge in [0.1, 0.15) is 11.7 Å². The maximum atomic E-state index is 11.2. The van der Waals surface area contributed by atoms with E-state index in [9.17, 15) is 25.0 Å². The fourth-order valence-electron chi connectivity index (χ4n) is 1.79. The summed E-state index contributed by atoms with van der Waals surface area (Å²) in [4.78, 5) is 31.2. The number of carbonyl (C=O) groups is 1. The lowest BCUT2D eigenvalue weighted by Gasteiger charge is -2.17. The molecule has 1 aromatic carbocycles. The van der Waals surface area contributed by atoms with Gasteiger partial charge in [-0.1, -0.05) is 13.8 Å². The van der Waals surface area contributed by atoms with Gasteiger partial charge in [0.05, 0.1) is 15.9 Å². The SMILES string of the molecule is CC(C)CC(Nc1ccc([N+](=O)[O-])cc1[N+](=O)[O-])C(=O)O. The second-order valence-electron chi connectivity index (χ2n) is 4.88. The molecule has 0 aromatic heterocycles. The number of non-ortho nitro benzene ring substituents is 1. The first-order valence-corrected chi connectivity index (χ1v) is 6.14. The third-order valence-corrected chi connectivity index (χ3v) is 2.72. The van der Waals surface area contributed by atoms with E-state index < -0.39 is 33.2 Å². The van der Waals surface area contributed by atoms with E-state index in [1.165, 1.54) is 0 Å². The van der Waals surface area contributed by atoms with Crippen molar-refractivity contribution in [1.29, 1.82) is 0 Å². The minimum atomic E-state index is -1.14. The highest BCUT2D eigenvalue weighted by atomic mass is 16.6. The molecular formula is C12H15N3O6. The Bertz CT molecular complexity index is 572. The van der Waals surface area contributed by atoms with Crippen LogP contribution in [0.2, 0.25) is 0 Å². The molecule has 2 N–H and O–H groups in total. The number of nitrogens with zero attached hydrogens (tertiary/aromatic N) is 2. The average molecular weight is 297 g/mol. The van der Waals surface area contributed by atoms with Crippen LogP contribution in [0.15, 0.2) is 18.2 Å². The summed E-state index contributed by atoms with van der Waals surface area (Å²) in [5.74, 6) is -1.08. The quantitative estimate of drug-likeness (QED) is 0.582. The molecular weight excluding hydrogens is 282 g/mol. The number of benzene rings is 1. The summed E-state index contributed by atoms with van der Waals surface area (Å²) in [6.07, 6.45) is 0.267. The minimum Gasteiger partial charge on any atom is -0.480 e. The molecule has 0 aliphatic rings. The van der Waals surface area contributed by atoms with Crippen LogP contribution in [0.5, 0.6) is 0 Å². The predicted molar refractivity (Wildman–Crippen MR) is 74.3 cm³/mol. The molecule has 9 nitrogen and oxygen atoms in total. The third-order valence-electron chi connectivity index (χ3n) is 2.72. The number of nitrogens with one attached hydrogen (secondary N) is 1. The number of hydrogen-bond donors (Lipinski definition) is 2. The van der Waals surface area contributed by atoms with Gasteiger partial charge < -0.3 is 10.4 Å². The van der Waals surface area contributed by atoms with Gasteiger partial charge in [-0.25, -0.2) is 4.79 Å². The number of carboxylic acids is 1. The van der Waals surface area contributed by atoms with Gasteiger partial charge >= 0.3 is 5.97 Å². The van der Waals surface area contributed by atoms with E-state index in [-0.39, 0.29) is 18.0 Å².